The number of nitrogens with zero attached hydrogens (tertiary/aromatic N) is 1. The third-order valence-electron chi connectivity index (χ3n) is 1.99. The molecule has 0 amide bonds. The van der Waals surface area contributed by atoms with Gasteiger partial charge in [-0.25, -0.2) is 9.78 Å². The number of aryl methyl sites for hydroxylation is 2. The number of carboxylic acid groups (broad SMARTS) is 1. The smallest absolute Gasteiger partial charge is 0.338 e. The molecule has 0 saturated carbocycles. The van der Waals surface area contributed by atoms with Gasteiger partial charge in [-0.1, -0.05) is 35.0 Å². The van der Waals surface area contributed by atoms with Gasteiger partial charge in [-0.3, -0.25) is 0 Å². The zero-order valence-electron chi connectivity index (χ0n) is 9.33. The minimum atomic E-state index is -0.983. The first-order valence-electron chi connectivity index (χ1n) is 4.74. The first kappa shape index (κ1) is 14.4. The molecular formula is C11H11Cl2NO2S. The van der Waals surface area contributed by atoms with Crippen LogP contribution >= 0.6 is 35.0 Å². The summed E-state index contributed by atoms with van der Waals surface area (Å²) in [5.74, 6) is -0.579. The van der Waals surface area contributed by atoms with Crippen LogP contribution in [0.2, 0.25) is 0 Å². The number of aromatic carboxylic acids is 1. The molecular weight excluding hydrogens is 281 g/mol. The highest BCUT2D eigenvalue weighted by Crippen LogP contribution is 2.26. The molecule has 0 bridgehead atoms. The number of aromatic nitrogens is 1. The number of pyridine rings is 1. The monoisotopic (exact) mass is 291 g/mol. The van der Waals surface area contributed by atoms with Gasteiger partial charge < -0.3 is 5.11 Å². The van der Waals surface area contributed by atoms with Crippen molar-refractivity contribution in [3.8, 4) is 0 Å². The van der Waals surface area contributed by atoms with Gasteiger partial charge in [0.15, 0.2) is 0 Å². The van der Waals surface area contributed by atoms with E-state index in [1.807, 2.05) is 6.92 Å². The highest BCUT2D eigenvalue weighted by atomic mass is 35.5. The van der Waals surface area contributed by atoms with E-state index in [2.05, 4.69) is 4.98 Å². The van der Waals surface area contributed by atoms with E-state index < -0.39 is 5.97 Å². The maximum Gasteiger partial charge on any atom is 0.338 e. The number of rotatable bonds is 4. The van der Waals surface area contributed by atoms with Crippen LogP contribution < -0.4 is 0 Å². The van der Waals surface area contributed by atoms with Crippen molar-refractivity contribution < 1.29 is 9.90 Å². The molecule has 1 aromatic heterocycles. The summed E-state index contributed by atoms with van der Waals surface area (Å²) in [7, 11) is 0. The summed E-state index contributed by atoms with van der Waals surface area (Å²) in [5, 5.41) is 10.1. The van der Waals surface area contributed by atoms with Gasteiger partial charge in [-0.05, 0) is 25.5 Å². The summed E-state index contributed by atoms with van der Waals surface area (Å²) in [6.45, 7) is 3.57. The SMILES string of the molecule is Cc1cc(C)c(C(=O)O)c(SCC(Cl)=CCl)n1. The highest BCUT2D eigenvalue weighted by molar-refractivity contribution is 7.99. The summed E-state index contributed by atoms with van der Waals surface area (Å²) in [6.07, 6.45) is 0. The van der Waals surface area contributed by atoms with Gasteiger partial charge in [-0.15, -0.1) is 0 Å². The first-order valence-corrected chi connectivity index (χ1v) is 6.54. The van der Waals surface area contributed by atoms with E-state index in [9.17, 15) is 4.79 Å². The Balaban J connectivity index is 3.08. The summed E-state index contributed by atoms with van der Waals surface area (Å²) in [5.41, 5.74) is 2.96. The first-order chi connectivity index (χ1) is 7.95. The van der Waals surface area contributed by atoms with Crippen molar-refractivity contribution in [2.75, 3.05) is 5.75 Å². The number of halogens is 2. The van der Waals surface area contributed by atoms with Crippen LogP contribution in [0.3, 0.4) is 0 Å². The maximum absolute atomic E-state index is 11.1. The van der Waals surface area contributed by atoms with E-state index in [4.69, 9.17) is 28.3 Å². The molecule has 17 heavy (non-hydrogen) atoms. The van der Waals surface area contributed by atoms with Gasteiger partial charge >= 0.3 is 5.97 Å². The second-order valence-corrected chi connectivity index (χ2v) is 5.08. The van der Waals surface area contributed by atoms with Crippen LogP contribution in [-0.2, 0) is 0 Å². The third-order valence-corrected chi connectivity index (χ3v) is 3.79. The molecule has 0 fully saturated rings. The molecule has 0 aromatic carbocycles. The Kier molecular flexibility index (Phi) is 5.31. The quantitative estimate of drug-likeness (QED) is 0.857. The summed E-state index contributed by atoms with van der Waals surface area (Å²) >= 11 is 12.5. The van der Waals surface area contributed by atoms with Crippen molar-refractivity contribution in [1.29, 1.82) is 0 Å². The molecule has 0 atom stereocenters. The third kappa shape index (κ3) is 3.91. The van der Waals surface area contributed by atoms with Gasteiger partial charge in [0, 0.05) is 22.0 Å². The molecule has 1 heterocycles. The number of hydrogen-bond acceptors (Lipinski definition) is 3. The zero-order valence-corrected chi connectivity index (χ0v) is 11.7. The molecule has 1 aromatic rings. The van der Waals surface area contributed by atoms with Crippen LogP contribution in [-0.4, -0.2) is 21.8 Å². The minimum Gasteiger partial charge on any atom is -0.478 e. The predicted octanol–water partition coefficient (Wildman–Crippen LogP) is 3.81. The molecule has 6 heteroatoms. The molecule has 0 aliphatic carbocycles. The summed E-state index contributed by atoms with van der Waals surface area (Å²) in [6, 6.07) is 1.74. The van der Waals surface area contributed by atoms with Crippen molar-refractivity contribution in [3.05, 3.63) is 33.5 Å². The van der Waals surface area contributed by atoms with E-state index in [-0.39, 0.29) is 5.56 Å². The van der Waals surface area contributed by atoms with Gasteiger partial charge in [-0.2, -0.15) is 0 Å². The lowest BCUT2D eigenvalue weighted by molar-refractivity contribution is 0.0691. The van der Waals surface area contributed by atoms with Crippen LogP contribution in [0, 0.1) is 13.8 Å². The van der Waals surface area contributed by atoms with Crippen LogP contribution in [0.15, 0.2) is 21.7 Å². The number of thioether (sulfide) groups is 1. The second-order valence-electron chi connectivity index (χ2n) is 3.41. The standard InChI is InChI=1S/C11H11Cl2NO2S/c1-6-3-7(2)14-10(9(6)11(15)16)17-5-8(13)4-12/h3-4H,5H2,1-2H3,(H,15,16). The molecule has 1 rings (SSSR count). The number of hydrogen-bond donors (Lipinski definition) is 1. The normalized spacial score (nSPS) is 11.6. The Hall–Kier alpha value is -0.710. The van der Waals surface area contributed by atoms with Gasteiger partial charge in [0.1, 0.15) is 5.03 Å². The lowest BCUT2D eigenvalue weighted by Crippen LogP contribution is -2.05. The fourth-order valence-electron chi connectivity index (χ4n) is 1.34. The van der Waals surface area contributed by atoms with Crippen molar-refractivity contribution in [3.63, 3.8) is 0 Å². The predicted molar refractivity (Wildman–Crippen MR) is 71.2 cm³/mol. The highest BCUT2D eigenvalue weighted by Gasteiger charge is 2.16. The molecule has 0 radical (unpaired) electrons. The molecule has 3 nitrogen and oxygen atoms in total. The summed E-state index contributed by atoms with van der Waals surface area (Å²) in [4.78, 5) is 15.4. The van der Waals surface area contributed by atoms with Crippen LogP contribution in [0.25, 0.3) is 0 Å². The second kappa shape index (κ2) is 6.28. The maximum atomic E-state index is 11.1. The van der Waals surface area contributed by atoms with E-state index in [1.54, 1.807) is 13.0 Å². The van der Waals surface area contributed by atoms with Crippen LogP contribution in [0.4, 0.5) is 0 Å². The Morgan fingerprint density at radius 2 is 2.24 bits per heavy atom. The van der Waals surface area contributed by atoms with Crippen molar-refractivity contribution in [2.45, 2.75) is 18.9 Å². The lowest BCUT2D eigenvalue weighted by Gasteiger charge is -2.08. The molecule has 0 aliphatic heterocycles. The topological polar surface area (TPSA) is 50.2 Å². The van der Waals surface area contributed by atoms with Crippen LogP contribution in [0.1, 0.15) is 21.6 Å². The number of carboxylic acids is 1. The fraction of sp³-hybridized carbons (Fsp3) is 0.273. The summed E-state index contributed by atoms with van der Waals surface area (Å²) < 4.78 is 0. The molecule has 0 aliphatic rings. The Labute approximate surface area is 114 Å². The van der Waals surface area contributed by atoms with Gasteiger partial charge in [0.2, 0.25) is 0 Å². The van der Waals surface area contributed by atoms with Crippen molar-refractivity contribution in [1.82, 2.24) is 4.98 Å². The number of carbonyl (C=O) groups is 1. The van der Waals surface area contributed by atoms with Gasteiger partial charge in [0.05, 0.1) is 5.56 Å². The molecule has 92 valence electrons. The average Bonchev–Trinajstić information content (AvgIpc) is 2.24. The largest absolute Gasteiger partial charge is 0.478 e. The zero-order chi connectivity index (χ0) is 13.0. The van der Waals surface area contributed by atoms with Gasteiger partial charge in [0.25, 0.3) is 0 Å². The van der Waals surface area contributed by atoms with Crippen molar-refractivity contribution >= 4 is 40.9 Å². The van der Waals surface area contributed by atoms with E-state index >= 15 is 0 Å². The van der Waals surface area contributed by atoms with E-state index in [0.29, 0.717) is 21.4 Å². The Morgan fingerprint density at radius 1 is 1.59 bits per heavy atom. The molecule has 1 N–H and O–H groups in total. The van der Waals surface area contributed by atoms with E-state index in [1.165, 1.54) is 17.3 Å². The molecule has 0 saturated heterocycles. The fourth-order valence-corrected chi connectivity index (χ4v) is 2.63. The van der Waals surface area contributed by atoms with E-state index in [0.717, 1.165) is 5.69 Å². The molecule has 0 unspecified atom stereocenters. The lowest BCUT2D eigenvalue weighted by atomic mass is 10.1. The Morgan fingerprint density at radius 3 is 2.76 bits per heavy atom. The molecule has 0 spiro atoms. The van der Waals surface area contributed by atoms with Crippen molar-refractivity contribution in [2.24, 2.45) is 0 Å². The minimum absolute atomic E-state index is 0.222. The van der Waals surface area contributed by atoms with Crippen LogP contribution in [0.5, 0.6) is 0 Å². The Bertz CT molecular complexity index is 475. The average molecular weight is 292 g/mol.